The first kappa shape index (κ1) is 20.3. The number of fused-ring (bicyclic) bond motifs is 2. The van der Waals surface area contributed by atoms with Gasteiger partial charge < -0.3 is 24.1 Å². The number of nitrogens with zero attached hydrogens (tertiary/aromatic N) is 2. The van der Waals surface area contributed by atoms with Crippen LogP contribution in [0.4, 0.5) is 0 Å². The largest absolute Gasteiger partial charge is 0.454 e. The van der Waals surface area contributed by atoms with E-state index < -0.39 is 0 Å². The van der Waals surface area contributed by atoms with E-state index in [1.165, 1.54) is 0 Å². The Balaban J connectivity index is 0.981. The van der Waals surface area contributed by atoms with Gasteiger partial charge in [0, 0.05) is 42.9 Å². The van der Waals surface area contributed by atoms with Crippen molar-refractivity contribution in [2.75, 3.05) is 19.9 Å². The molecule has 2 fully saturated rings. The molecule has 0 unspecified atom stereocenters. The van der Waals surface area contributed by atoms with Crippen LogP contribution in [-0.2, 0) is 11.3 Å². The zero-order valence-corrected chi connectivity index (χ0v) is 18.1. The van der Waals surface area contributed by atoms with E-state index >= 15 is 0 Å². The average molecular weight is 447 g/mol. The third-order valence-corrected chi connectivity index (χ3v) is 6.57. The molecule has 8 heteroatoms. The minimum atomic E-state index is -0.130. The molecule has 3 aliphatic heterocycles. The Morgan fingerprint density at radius 3 is 2.82 bits per heavy atom. The molecule has 8 nitrogen and oxygen atoms in total. The molecule has 0 aliphatic carbocycles. The first-order valence-electron chi connectivity index (χ1n) is 11.3. The Kier molecular flexibility index (Phi) is 5.24. The Morgan fingerprint density at radius 2 is 1.94 bits per heavy atom. The average Bonchev–Trinajstić information content (AvgIpc) is 3.51. The van der Waals surface area contributed by atoms with Crippen molar-refractivity contribution in [1.29, 1.82) is 0 Å². The van der Waals surface area contributed by atoms with Gasteiger partial charge in [0.05, 0.1) is 17.9 Å². The Labute approximate surface area is 191 Å². The Bertz CT molecular complexity index is 1150. The molecule has 33 heavy (non-hydrogen) atoms. The SMILES string of the molecule is O=C(NC[C@@H]1CC[C@H]2[C@H](CN2Cc2cc(-c3ccccc3)on2)O1)c1ccc2c(c1)OCO2. The normalized spacial score (nSPS) is 23.6. The maximum atomic E-state index is 12.5. The number of carbonyl (C=O) groups is 1. The van der Waals surface area contributed by atoms with Crippen molar-refractivity contribution in [3.63, 3.8) is 0 Å². The molecular weight excluding hydrogens is 422 g/mol. The highest BCUT2D eigenvalue weighted by atomic mass is 16.7. The molecule has 2 saturated heterocycles. The zero-order chi connectivity index (χ0) is 22.2. The van der Waals surface area contributed by atoms with Gasteiger partial charge in [0.2, 0.25) is 6.79 Å². The monoisotopic (exact) mass is 447 g/mol. The van der Waals surface area contributed by atoms with E-state index in [4.69, 9.17) is 18.7 Å². The minimum absolute atomic E-state index is 0.0306. The topological polar surface area (TPSA) is 86.1 Å². The van der Waals surface area contributed by atoms with Crippen molar-refractivity contribution in [3.8, 4) is 22.8 Å². The lowest BCUT2D eigenvalue weighted by Crippen LogP contribution is -2.64. The molecule has 0 spiro atoms. The molecule has 3 aromatic rings. The molecule has 6 rings (SSSR count). The molecule has 4 heterocycles. The molecule has 170 valence electrons. The van der Waals surface area contributed by atoms with Crippen LogP contribution >= 0.6 is 0 Å². The summed E-state index contributed by atoms with van der Waals surface area (Å²) in [4.78, 5) is 14.9. The lowest BCUT2D eigenvalue weighted by atomic mass is 9.89. The fraction of sp³-hybridized carbons (Fsp3) is 0.360. The van der Waals surface area contributed by atoms with E-state index in [-0.39, 0.29) is 24.9 Å². The van der Waals surface area contributed by atoms with E-state index in [1.807, 2.05) is 36.4 Å². The molecule has 1 aromatic heterocycles. The number of likely N-dealkylation sites (tertiary alicyclic amines) is 1. The highest BCUT2D eigenvalue weighted by Gasteiger charge is 2.44. The third-order valence-electron chi connectivity index (χ3n) is 6.57. The number of nitrogens with one attached hydrogen (secondary N) is 1. The van der Waals surface area contributed by atoms with Crippen molar-refractivity contribution in [3.05, 3.63) is 65.9 Å². The molecule has 3 atom stereocenters. The maximum Gasteiger partial charge on any atom is 0.251 e. The van der Waals surface area contributed by atoms with Crippen LogP contribution in [0.5, 0.6) is 11.5 Å². The number of carbonyl (C=O) groups excluding carboxylic acids is 1. The molecule has 2 aromatic carbocycles. The first-order valence-corrected chi connectivity index (χ1v) is 11.3. The van der Waals surface area contributed by atoms with Gasteiger partial charge in [-0.1, -0.05) is 35.5 Å². The summed E-state index contributed by atoms with van der Waals surface area (Å²) in [6, 6.07) is 17.6. The highest BCUT2D eigenvalue weighted by molar-refractivity contribution is 5.94. The number of amides is 1. The summed E-state index contributed by atoms with van der Waals surface area (Å²) in [5, 5.41) is 7.24. The molecule has 0 bridgehead atoms. The molecule has 3 aliphatic rings. The molecule has 0 radical (unpaired) electrons. The second kappa shape index (κ2) is 8.53. The fourth-order valence-electron chi connectivity index (χ4n) is 4.77. The molecular formula is C25H25N3O5. The lowest BCUT2D eigenvalue weighted by Gasteiger charge is -2.52. The van der Waals surface area contributed by atoms with E-state index in [0.717, 1.165) is 42.9 Å². The van der Waals surface area contributed by atoms with Gasteiger partial charge in [-0.3, -0.25) is 9.69 Å². The summed E-state index contributed by atoms with van der Waals surface area (Å²) < 4.78 is 22.4. The van der Waals surface area contributed by atoms with Crippen molar-refractivity contribution in [2.24, 2.45) is 0 Å². The summed E-state index contributed by atoms with van der Waals surface area (Å²) in [5.74, 6) is 1.94. The lowest BCUT2D eigenvalue weighted by molar-refractivity contribution is -0.168. The van der Waals surface area contributed by atoms with Gasteiger partial charge in [0.25, 0.3) is 5.91 Å². The van der Waals surface area contributed by atoms with Crippen LogP contribution in [-0.4, -0.2) is 54.1 Å². The van der Waals surface area contributed by atoms with Crippen LogP contribution in [0, 0.1) is 0 Å². The summed E-state index contributed by atoms with van der Waals surface area (Å²) in [6.45, 7) is 2.32. The van der Waals surface area contributed by atoms with Crippen molar-refractivity contribution in [1.82, 2.24) is 15.4 Å². The summed E-state index contributed by atoms with van der Waals surface area (Å²) >= 11 is 0. The smallest absolute Gasteiger partial charge is 0.251 e. The standard InChI is InChI=1S/C25H25N3O5/c29-25(17-6-9-21-23(10-17)31-15-30-21)26-12-19-7-8-20-24(32-19)14-28(20)13-18-11-22(33-27-18)16-4-2-1-3-5-16/h1-6,9-11,19-20,24H,7-8,12-15H2,(H,26,29)/t19-,20-,24-/m0/s1. The van der Waals surface area contributed by atoms with Crippen LogP contribution in [0.15, 0.2) is 59.1 Å². The van der Waals surface area contributed by atoms with Gasteiger partial charge in [0.1, 0.15) is 0 Å². The zero-order valence-electron chi connectivity index (χ0n) is 18.1. The van der Waals surface area contributed by atoms with Crippen molar-refractivity contribution in [2.45, 2.75) is 37.6 Å². The maximum absolute atomic E-state index is 12.5. The van der Waals surface area contributed by atoms with Crippen LogP contribution in [0.25, 0.3) is 11.3 Å². The van der Waals surface area contributed by atoms with Crippen molar-refractivity contribution < 1.29 is 23.5 Å². The second-order valence-electron chi connectivity index (χ2n) is 8.70. The van der Waals surface area contributed by atoms with Crippen LogP contribution < -0.4 is 14.8 Å². The van der Waals surface area contributed by atoms with Gasteiger partial charge in [-0.15, -0.1) is 0 Å². The predicted octanol–water partition coefficient (Wildman–Crippen LogP) is 3.23. The van der Waals surface area contributed by atoms with Crippen LogP contribution in [0.3, 0.4) is 0 Å². The van der Waals surface area contributed by atoms with Gasteiger partial charge in [-0.05, 0) is 31.0 Å². The number of rotatable bonds is 6. The highest BCUT2D eigenvalue weighted by Crippen LogP contribution is 2.34. The fourth-order valence-corrected chi connectivity index (χ4v) is 4.77. The summed E-state index contributed by atoms with van der Waals surface area (Å²) in [7, 11) is 0. The van der Waals surface area contributed by atoms with E-state index in [9.17, 15) is 4.79 Å². The second-order valence-corrected chi connectivity index (χ2v) is 8.70. The van der Waals surface area contributed by atoms with Crippen LogP contribution in [0.1, 0.15) is 28.9 Å². The number of ether oxygens (including phenoxy) is 3. The minimum Gasteiger partial charge on any atom is -0.454 e. The van der Waals surface area contributed by atoms with Gasteiger partial charge in [0.15, 0.2) is 17.3 Å². The number of hydrogen-bond donors (Lipinski definition) is 1. The van der Waals surface area contributed by atoms with Crippen LogP contribution in [0.2, 0.25) is 0 Å². The van der Waals surface area contributed by atoms with E-state index in [1.54, 1.807) is 18.2 Å². The number of hydrogen-bond acceptors (Lipinski definition) is 7. The number of aromatic nitrogens is 1. The molecule has 0 saturated carbocycles. The predicted molar refractivity (Wildman–Crippen MR) is 119 cm³/mol. The quantitative estimate of drug-likeness (QED) is 0.621. The third kappa shape index (κ3) is 4.07. The summed E-state index contributed by atoms with van der Waals surface area (Å²) in [5.41, 5.74) is 2.53. The first-order chi connectivity index (χ1) is 16.2. The Morgan fingerprint density at radius 1 is 1.06 bits per heavy atom. The van der Waals surface area contributed by atoms with Crippen molar-refractivity contribution >= 4 is 5.91 Å². The molecule has 1 amide bonds. The van der Waals surface area contributed by atoms with Gasteiger partial charge in [-0.2, -0.15) is 0 Å². The van der Waals surface area contributed by atoms with E-state index in [2.05, 4.69) is 15.4 Å². The van der Waals surface area contributed by atoms with E-state index in [0.29, 0.717) is 29.6 Å². The number of benzene rings is 2. The molecule has 1 N–H and O–H groups in total. The summed E-state index contributed by atoms with van der Waals surface area (Å²) in [6.07, 6.45) is 2.18. The Hall–Kier alpha value is -3.36. The van der Waals surface area contributed by atoms with Gasteiger partial charge >= 0.3 is 0 Å². The van der Waals surface area contributed by atoms with Gasteiger partial charge in [-0.25, -0.2) is 0 Å².